The number of hydrogen-bond donors (Lipinski definition) is 1. The summed E-state index contributed by atoms with van der Waals surface area (Å²) in [5.74, 6) is -1.15. The Hall–Kier alpha value is -1.16. The van der Waals surface area contributed by atoms with Crippen LogP contribution in [0.15, 0.2) is 36.4 Å². The minimum atomic E-state index is -0.976. The molecular formula is C13H9Cl2F2N. The maximum atomic E-state index is 13.7. The highest BCUT2D eigenvalue weighted by Gasteiger charge is 2.20. The molecule has 0 aromatic heterocycles. The van der Waals surface area contributed by atoms with Gasteiger partial charge in [0.25, 0.3) is 0 Å². The molecule has 18 heavy (non-hydrogen) atoms. The lowest BCUT2D eigenvalue weighted by atomic mass is 9.98. The molecule has 0 amide bonds. The monoisotopic (exact) mass is 287 g/mol. The van der Waals surface area contributed by atoms with Crippen molar-refractivity contribution in [2.24, 2.45) is 5.73 Å². The lowest BCUT2D eigenvalue weighted by Gasteiger charge is -2.15. The summed E-state index contributed by atoms with van der Waals surface area (Å²) in [6.45, 7) is 0. The van der Waals surface area contributed by atoms with Crippen molar-refractivity contribution in [1.29, 1.82) is 0 Å². The third-order valence-corrected chi connectivity index (χ3v) is 3.17. The van der Waals surface area contributed by atoms with Gasteiger partial charge in [0.15, 0.2) is 0 Å². The maximum absolute atomic E-state index is 13.7. The van der Waals surface area contributed by atoms with Crippen LogP contribution in [0.3, 0.4) is 0 Å². The van der Waals surface area contributed by atoms with E-state index in [0.717, 1.165) is 6.07 Å². The van der Waals surface area contributed by atoms with Crippen molar-refractivity contribution < 1.29 is 8.78 Å². The molecule has 0 heterocycles. The quantitative estimate of drug-likeness (QED) is 0.875. The maximum Gasteiger partial charge on any atom is 0.129 e. The Morgan fingerprint density at radius 1 is 1.00 bits per heavy atom. The number of halogens is 4. The average molecular weight is 288 g/mol. The first-order chi connectivity index (χ1) is 8.50. The fraction of sp³-hybridized carbons (Fsp3) is 0.0769. The Balaban J connectivity index is 2.51. The molecular weight excluding hydrogens is 279 g/mol. The van der Waals surface area contributed by atoms with E-state index < -0.39 is 17.7 Å². The summed E-state index contributed by atoms with van der Waals surface area (Å²) in [5.41, 5.74) is 6.08. The number of hydrogen-bond acceptors (Lipinski definition) is 1. The average Bonchev–Trinajstić information content (AvgIpc) is 2.28. The highest BCUT2D eigenvalue weighted by atomic mass is 35.5. The minimum absolute atomic E-state index is 0.0698. The van der Waals surface area contributed by atoms with Crippen LogP contribution in [0.1, 0.15) is 17.2 Å². The molecule has 1 atom stereocenters. The summed E-state index contributed by atoms with van der Waals surface area (Å²) in [6.07, 6.45) is 0. The Bertz CT molecular complexity index is 567. The van der Waals surface area contributed by atoms with Crippen LogP contribution >= 0.6 is 23.2 Å². The predicted octanol–water partition coefficient (Wildman–Crippen LogP) is 4.32. The van der Waals surface area contributed by atoms with E-state index in [1.807, 2.05) is 0 Å². The van der Waals surface area contributed by atoms with E-state index in [1.165, 1.54) is 30.3 Å². The van der Waals surface area contributed by atoms with Crippen LogP contribution in [0.2, 0.25) is 10.0 Å². The molecule has 2 aromatic carbocycles. The molecule has 0 radical (unpaired) electrons. The van der Waals surface area contributed by atoms with Gasteiger partial charge in [0.05, 0.1) is 6.04 Å². The molecule has 1 nitrogen and oxygen atoms in total. The van der Waals surface area contributed by atoms with E-state index in [4.69, 9.17) is 28.9 Å². The highest BCUT2D eigenvalue weighted by molar-refractivity contribution is 6.31. The van der Waals surface area contributed by atoms with Crippen LogP contribution in [0.25, 0.3) is 0 Å². The Kier molecular flexibility index (Phi) is 3.85. The molecule has 0 bridgehead atoms. The second kappa shape index (κ2) is 5.22. The highest BCUT2D eigenvalue weighted by Crippen LogP contribution is 2.30. The molecule has 0 spiro atoms. The number of benzene rings is 2. The fourth-order valence-electron chi connectivity index (χ4n) is 1.72. The van der Waals surface area contributed by atoms with Gasteiger partial charge >= 0.3 is 0 Å². The van der Waals surface area contributed by atoms with Crippen molar-refractivity contribution >= 4 is 23.2 Å². The van der Waals surface area contributed by atoms with E-state index in [-0.39, 0.29) is 21.2 Å². The summed E-state index contributed by atoms with van der Waals surface area (Å²) in [6, 6.07) is 7.27. The molecule has 0 saturated carbocycles. The first kappa shape index (κ1) is 13.3. The third-order valence-electron chi connectivity index (χ3n) is 2.61. The Morgan fingerprint density at radius 2 is 1.72 bits per heavy atom. The van der Waals surface area contributed by atoms with Crippen molar-refractivity contribution in [2.75, 3.05) is 0 Å². The van der Waals surface area contributed by atoms with Crippen molar-refractivity contribution in [3.63, 3.8) is 0 Å². The Morgan fingerprint density at radius 3 is 2.33 bits per heavy atom. The zero-order chi connectivity index (χ0) is 13.3. The van der Waals surface area contributed by atoms with E-state index >= 15 is 0 Å². The van der Waals surface area contributed by atoms with Crippen molar-refractivity contribution in [3.05, 3.63) is 69.2 Å². The van der Waals surface area contributed by atoms with E-state index in [0.29, 0.717) is 0 Å². The molecule has 1 unspecified atom stereocenters. The van der Waals surface area contributed by atoms with Gasteiger partial charge < -0.3 is 5.73 Å². The second-order valence-corrected chi connectivity index (χ2v) is 4.62. The van der Waals surface area contributed by atoms with Gasteiger partial charge in [-0.3, -0.25) is 0 Å². The molecule has 0 aliphatic heterocycles. The van der Waals surface area contributed by atoms with Gasteiger partial charge in [0.1, 0.15) is 11.6 Å². The molecule has 0 fully saturated rings. The van der Waals surface area contributed by atoms with Crippen LogP contribution in [0.4, 0.5) is 8.78 Å². The van der Waals surface area contributed by atoms with Gasteiger partial charge in [0.2, 0.25) is 0 Å². The predicted molar refractivity (Wildman–Crippen MR) is 68.9 cm³/mol. The zero-order valence-corrected chi connectivity index (χ0v) is 10.6. The molecule has 0 aliphatic carbocycles. The van der Waals surface area contributed by atoms with E-state index in [1.54, 1.807) is 0 Å². The van der Waals surface area contributed by atoms with Gasteiger partial charge in [-0.25, -0.2) is 8.78 Å². The standard InChI is InChI=1S/C13H9Cl2F2N/c14-7-4-5-8(11(17)6-7)13(18)12-9(15)2-1-3-10(12)16/h1-6,13H,18H2. The van der Waals surface area contributed by atoms with Gasteiger partial charge in [-0.2, -0.15) is 0 Å². The van der Waals surface area contributed by atoms with Crippen LogP contribution in [0, 0.1) is 11.6 Å². The van der Waals surface area contributed by atoms with Crippen LogP contribution < -0.4 is 5.73 Å². The van der Waals surface area contributed by atoms with Crippen LogP contribution in [0.5, 0.6) is 0 Å². The van der Waals surface area contributed by atoms with Crippen molar-refractivity contribution in [1.82, 2.24) is 0 Å². The number of rotatable bonds is 2. The van der Waals surface area contributed by atoms with E-state index in [9.17, 15) is 8.78 Å². The van der Waals surface area contributed by atoms with Gasteiger partial charge in [0, 0.05) is 21.2 Å². The lowest BCUT2D eigenvalue weighted by Crippen LogP contribution is -2.15. The molecule has 5 heteroatoms. The molecule has 94 valence electrons. The SMILES string of the molecule is NC(c1ccc(Cl)cc1F)c1c(F)cccc1Cl. The normalized spacial score (nSPS) is 12.5. The lowest BCUT2D eigenvalue weighted by molar-refractivity contribution is 0.576. The molecule has 0 saturated heterocycles. The first-order valence-electron chi connectivity index (χ1n) is 5.15. The van der Waals surface area contributed by atoms with Crippen molar-refractivity contribution in [2.45, 2.75) is 6.04 Å². The summed E-state index contributed by atoms with van der Waals surface area (Å²) >= 11 is 11.5. The third kappa shape index (κ3) is 2.48. The largest absolute Gasteiger partial charge is 0.320 e. The zero-order valence-electron chi connectivity index (χ0n) is 9.13. The smallest absolute Gasteiger partial charge is 0.129 e. The minimum Gasteiger partial charge on any atom is -0.320 e. The van der Waals surface area contributed by atoms with Gasteiger partial charge in [-0.1, -0.05) is 35.3 Å². The molecule has 2 aromatic rings. The first-order valence-corrected chi connectivity index (χ1v) is 5.90. The number of nitrogens with two attached hydrogens (primary N) is 1. The fourth-order valence-corrected chi connectivity index (χ4v) is 2.16. The summed E-state index contributed by atoms with van der Waals surface area (Å²) in [7, 11) is 0. The van der Waals surface area contributed by atoms with E-state index in [2.05, 4.69) is 0 Å². The van der Waals surface area contributed by atoms with Gasteiger partial charge in [-0.15, -0.1) is 0 Å². The molecule has 2 N–H and O–H groups in total. The van der Waals surface area contributed by atoms with Crippen LogP contribution in [-0.4, -0.2) is 0 Å². The van der Waals surface area contributed by atoms with Gasteiger partial charge in [-0.05, 0) is 24.3 Å². The Labute approximate surface area is 113 Å². The summed E-state index contributed by atoms with van der Waals surface area (Å²) in [4.78, 5) is 0. The topological polar surface area (TPSA) is 26.0 Å². The summed E-state index contributed by atoms with van der Waals surface area (Å²) < 4.78 is 27.4. The molecule has 2 rings (SSSR count). The summed E-state index contributed by atoms with van der Waals surface area (Å²) in [5, 5.41) is 0.417. The molecule has 0 aliphatic rings. The second-order valence-electron chi connectivity index (χ2n) is 3.78. The van der Waals surface area contributed by atoms with Crippen LogP contribution in [-0.2, 0) is 0 Å². The van der Waals surface area contributed by atoms with Crippen molar-refractivity contribution in [3.8, 4) is 0 Å².